The normalized spacial score (nSPS) is 16.7. The number of carbonyl (C=O) groups is 2. The SMILES string of the molecule is CCN(CC)c1ccc(C2/C(=C(\O)c3ccc(OC(C)C)c(C)c3)C(=O)C(=O)N2c2ccc(F)c(F)c2)cc1. The van der Waals surface area contributed by atoms with Crippen LogP contribution in [-0.4, -0.2) is 36.0 Å². The monoisotopic (exact) mass is 534 g/mol. The van der Waals surface area contributed by atoms with Crippen LogP contribution < -0.4 is 14.5 Å². The number of aryl methyl sites for hydroxylation is 1. The van der Waals surface area contributed by atoms with Gasteiger partial charge in [0.2, 0.25) is 0 Å². The van der Waals surface area contributed by atoms with E-state index in [0.29, 0.717) is 16.9 Å². The van der Waals surface area contributed by atoms with Gasteiger partial charge in [-0.3, -0.25) is 14.5 Å². The first-order valence-electron chi connectivity index (χ1n) is 13.0. The van der Waals surface area contributed by atoms with Crippen molar-refractivity contribution >= 4 is 28.8 Å². The van der Waals surface area contributed by atoms with E-state index in [1.54, 1.807) is 30.3 Å². The number of ether oxygens (including phenoxy) is 1. The van der Waals surface area contributed by atoms with E-state index in [1.807, 2.05) is 46.8 Å². The fourth-order valence-electron chi connectivity index (χ4n) is 4.84. The summed E-state index contributed by atoms with van der Waals surface area (Å²) in [7, 11) is 0. The summed E-state index contributed by atoms with van der Waals surface area (Å²) in [6, 6.07) is 14.2. The maximum Gasteiger partial charge on any atom is 0.300 e. The van der Waals surface area contributed by atoms with E-state index in [9.17, 15) is 23.5 Å². The Bertz CT molecular complexity index is 1430. The average molecular weight is 535 g/mol. The van der Waals surface area contributed by atoms with Gasteiger partial charge < -0.3 is 14.7 Å². The zero-order chi connectivity index (χ0) is 28.4. The number of amides is 1. The predicted octanol–water partition coefficient (Wildman–Crippen LogP) is 6.53. The van der Waals surface area contributed by atoms with Crippen LogP contribution in [-0.2, 0) is 9.59 Å². The van der Waals surface area contributed by atoms with Gasteiger partial charge in [0.25, 0.3) is 11.7 Å². The van der Waals surface area contributed by atoms with Crippen molar-refractivity contribution in [3.8, 4) is 5.75 Å². The molecule has 0 aliphatic carbocycles. The molecule has 1 heterocycles. The summed E-state index contributed by atoms with van der Waals surface area (Å²) < 4.78 is 33.7. The summed E-state index contributed by atoms with van der Waals surface area (Å²) in [4.78, 5) is 30.0. The Morgan fingerprint density at radius 3 is 2.21 bits per heavy atom. The van der Waals surface area contributed by atoms with Crippen LogP contribution in [0.15, 0.2) is 66.2 Å². The Balaban J connectivity index is 1.89. The van der Waals surface area contributed by atoms with Crippen molar-refractivity contribution in [2.24, 2.45) is 0 Å². The molecule has 6 nitrogen and oxygen atoms in total. The number of hydrogen-bond donors (Lipinski definition) is 1. The lowest BCUT2D eigenvalue weighted by atomic mass is 9.94. The number of halogens is 2. The van der Waals surface area contributed by atoms with Crippen molar-refractivity contribution < 1.29 is 28.2 Å². The van der Waals surface area contributed by atoms with E-state index in [1.165, 1.54) is 6.07 Å². The molecule has 1 fully saturated rings. The Labute approximate surface area is 227 Å². The number of rotatable bonds is 8. The highest BCUT2D eigenvalue weighted by molar-refractivity contribution is 6.51. The zero-order valence-corrected chi connectivity index (χ0v) is 22.7. The van der Waals surface area contributed by atoms with Crippen molar-refractivity contribution in [2.45, 2.75) is 46.8 Å². The van der Waals surface area contributed by atoms with Crippen LogP contribution >= 0.6 is 0 Å². The quantitative estimate of drug-likeness (QED) is 0.202. The van der Waals surface area contributed by atoms with Crippen molar-refractivity contribution in [2.75, 3.05) is 22.9 Å². The summed E-state index contributed by atoms with van der Waals surface area (Å²) in [6.45, 7) is 11.3. The van der Waals surface area contributed by atoms with Crippen molar-refractivity contribution in [3.05, 3.63) is 94.6 Å². The molecule has 39 heavy (non-hydrogen) atoms. The molecule has 3 aromatic carbocycles. The van der Waals surface area contributed by atoms with Gasteiger partial charge >= 0.3 is 0 Å². The van der Waals surface area contributed by atoms with E-state index in [-0.39, 0.29) is 23.1 Å². The van der Waals surface area contributed by atoms with Crippen LogP contribution in [0.5, 0.6) is 5.75 Å². The molecule has 0 radical (unpaired) electrons. The highest BCUT2D eigenvalue weighted by Crippen LogP contribution is 2.43. The molecular formula is C31H32F2N2O4. The Hall–Kier alpha value is -4.20. The second-order valence-corrected chi connectivity index (χ2v) is 9.68. The molecule has 1 atom stereocenters. The van der Waals surface area contributed by atoms with Crippen LogP contribution in [0.1, 0.15) is 50.4 Å². The Morgan fingerprint density at radius 1 is 0.974 bits per heavy atom. The summed E-state index contributed by atoms with van der Waals surface area (Å²) >= 11 is 0. The third-order valence-corrected chi connectivity index (χ3v) is 6.77. The molecule has 0 saturated carbocycles. The molecule has 1 N–H and O–H groups in total. The first-order chi connectivity index (χ1) is 18.6. The number of aliphatic hydroxyl groups is 1. The van der Waals surface area contributed by atoms with Crippen LogP contribution in [0.4, 0.5) is 20.2 Å². The molecule has 1 saturated heterocycles. The molecule has 1 aliphatic rings. The number of nitrogens with zero attached hydrogens (tertiary/aromatic N) is 2. The number of aliphatic hydroxyl groups excluding tert-OH is 1. The minimum Gasteiger partial charge on any atom is -0.507 e. The standard InChI is InChI=1S/C31H32F2N2O4/c1-6-34(7-2)22-11-8-20(9-12-22)28-27(29(36)21-10-15-26(19(5)16-21)39-18(3)4)30(37)31(38)35(28)23-13-14-24(32)25(33)17-23/h8-18,28,36H,6-7H2,1-5H3/b29-27+. The van der Waals surface area contributed by atoms with E-state index in [4.69, 9.17) is 4.74 Å². The van der Waals surface area contributed by atoms with Gasteiger partial charge in [-0.25, -0.2) is 8.78 Å². The maximum absolute atomic E-state index is 14.2. The molecule has 4 rings (SSSR count). The molecule has 1 amide bonds. The van der Waals surface area contributed by atoms with E-state index in [2.05, 4.69) is 4.90 Å². The lowest BCUT2D eigenvalue weighted by Crippen LogP contribution is -2.29. The molecule has 3 aromatic rings. The summed E-state index contributed by atoms with van der Waals surface area (Å²) in [5.74, 6) is -3.83. The third-order valence-electron chi connectivity index (χ3n) is 6.77. The number of carbonyl (C=O) groups excluding carboxylic acids is 2. The van der Waals surface area contributed by atoms with Gasteiger partial charge in [-0.2, -0.15) is 0 Å². The fraction of sp³-hybridized carbons (Fsp3) is 0.290. The van der Waals surface area contributed by atoms with Gasteiger partial charge in [-0.15, -0.1) is 0 Å². The first kappa shape index (κ1) is 27.8. The largest absolute Gasteiger partial charge is 0.507 e. The molecule has 0 spiro atoms. The Morgan fingerprint density at radius 2 is 1.64 bits per heavy atom. The summed E-state index contributed by atoms with van der Waals surface area (Å²) in [5.41, 5.74) is 2.42. The van der Waals surface area contributed by atoms with E-state index < -0.39 is 29.4 Å². The summed E-state index contributed by atoms with van der Waals surface area (Å²) in [5, 5.41) is 11.4. The van der Waals surface area contributed by atoms with Crippen LogP contribution in [0.25, 0.3) is 5.76 Å². The third kappa shape index (κ3) is 5.37. The van der Waals surface area contributed by atoms with Crippen LogP contribution in [0, 0.1) is 18.6 Å². The first-order valence-corrected chi connectivity index (χ1v) is 13.0. The Kier molecular flexibility index (Phi) is 8.04. The van der Waals surface area contributed by atoms with Gasteiger partial charge in [0.1, 0.15) is 11.5 Å². The van der Waals surface area contributed by atoms with E-state index >= 15 is 0 Å². The number of hydrogen-bond acceptors (Lipinski definition) is 5. The molecule has 0 bridgehead atoms. The number of benzene rings is 3. The maximum atomic E-state index is 14.2. The fourth-order valence-corrected chi connectivity index (χ4v) is 4.84. The number of ketones is 1. The average Bonchev–Trinajstić information content (AvgIpc) is 3.17. The molecule has 204 valence electrons. The predicted molar refractivity (Wildman–Crippen MR) is 148 cm³/mol. The lowest BCUT2D eigenvalue weighted by molar-refractivity contribution is -0.132. The van der Waals surface area contributed by atoms with Gasteiger partial charge in [0.15, 0.2) is 11.6 Å². The summed E-state index contributed by atoms with van der Waals surface area (Å²) in [6.07, 6.45) is -0.0520. The topological polar surface area (TPSA) is 70.1 Å². The second-order valence-electron chi connectivity index (χ2n) is 9.68. The van der Waals surface area contributed by atoms with Gasteiger partial charge in [0, 0.05) is 36.1 Å². The van der Waals surface area contributed by atoms with Gasteiger partial charge in [-0.1, -0.05) is 12.1 Å². The smallest absolute Gasteiger partial charge is 0.300 e. The highest BCUT2D eigenvalue weighted by atomic mass is 19.2. The second kappa shape index (κ2) is 11.3. The minimum absolute atomic E-state index is 0.00438. The lowest BCUT2D eigenvalue weighted by Gasteiger charge is -2.27. The zero-order valence-electron chi connectivity index (χ0n) is 22.7. The molecular weight excluding hydrogens is 502 g/mol. The molecule has 8 heteroatoms. The van der Waals surface area contributed by atoms with Crippen molar-refractivity contribution in [1.82, 2.24) is 0 Å². The molecule has 1 aliphatic heterocycles. The number of Topliss-reactive ketones (excluding diaryl/α,β-unsaturated/α-hetero) is 1. The van der Waals surface area contributed by atoms with Crippen molar-refractivity contribution in [3.63, 3.8) is 0 Å². The molecule has 0 aromatic heterocycles. The van der Waals surface area contributed by atoms with Gasteiger partial charge in [0.05, 0.1) is 17.7 Å². The minimum atomic E-state index is -1.15. The van der Waals surface area contributed by atoms with Crippen LogP contribution in [0.3, 0.4) is 0 Å². The van der Waals surface area contributed by atoms with Crippen molar-refractivity contribution in [1.29, 1.82) is 0 Å². The molecule has 1 unspecified atom stereocenters. The van der Waals surface area contributed by atoms with Gasteiger partial charge in [-0.05, 0) is 88.2 Å². The highest BCUT2D eigenvalue weighted by Gasteiger charge is 2.47. The van der Waals surface area contributed by atoms with Crippen LogP contribution in [0.2, 0.25) is 0 Å². The van der Waals surface area contributed by atoms with E-state index in [0.717, 1.165) is 41.4 Å². The number of anilines is 2.